The first-order valence-corrected chi connectivity index (χ1v) is 10.0. The Kier molecular flexibility index (Phi) is 4.74. The summed E-state index contributed by atoms with van der Waals surface area (Å²) in [6.45, 7) is 0. The summed E-state index contributed by atoms with van der Waals surface area (Å²) in [5, 5.41) is 12.4. The zero-order chi connectivity index (χ0) is 21.2. The molecule has 0 radical (unpaired) electrons. The molecule has 0 spiro atoms. The normalized spacial score (nSPS) is 12.0. The van der Waals surface area contributed by atoms with Gasteiger partial charge in [0.1, 0.15) is 11.8 Å². The third-order valence-electron chi connectivity index (χ3n) is 5.53. The molecule has 0 unspecified atom stereocenters. The largest absolute Gasteiger partial charge is 0.497 e. The first-order valence-electron chi connectivity index (χ1n) is 10.0. The minimum atomic E-state index is 0.583. The second kappa shape index (κ2) is 7.85. The van der Waals surface area contributed by atoms with Crippen molar-refractivity contribution in [2.75, 3.05) is 7.11 Å². The van der Waals surface area contributed by atoms with Crippen LogP contribution in [-0.4, -0.2) is 22.1 Å². The first kappa shape index (κ1) is 18.7. The molecule has 0 aliphatic carbocycles. The van der Waals surface area contributed by atoms with Crippen LogP contribution in [0.25, 0.3) is 33.0 Å². The SMILES string of the molecule is COc1ccc2[nH]cc(/C(C#N)=C(\Cc3cc4ccccc4[nH]3)c3cccnc3)c2c1. The van der Waals surface area contributed by atoms with Crippen molar-refractivity contribution in [3.8, 4) is 11.8 Å². The molecule has 0 amide bonds. The van der Waals surface area contributed by atoms with Crippen LogP contribution in [-0.2, 0) is 6.42 Å². The second-order valence-corrected chi connectivity index (χ2v) is 7.38. The molecular formula is C26H20N4O. The van der Waals surface area contributed by atoms with E-state index in [2.05, 4.69) is 39.2 Å². The molecule has 2 aromatic carbocycles. The number of rotatable bonds is 5. The van der Waals surface area contributed by atoms with E-state index in [1.807, 2.05) is 54.9 Å². The number of aromatic nitrogens is 3. The van der Waals surface area contributed by atoms with E-state index in [1.54, 1.807) is 13.3 Å². The predicted octanol–water partition coefficient (Wildman–Crippen LogP) is 5.73. The molecule has 5 heteroatoms. The molecule has 0 aliphatic heterocycles. The average molecular weight is 404 g/mol. The van der Waals surface area contributed by atoms with Gasteiger partial charge in [-0.1, -0.05) is 24.3 Å². The van der Waals surface area contributed by atoms with Crippen LogP contribution in [0.4, 0.5) is 0 Å². The molecule has 5 aromatic rings. The maximum Gasteiger partial charge on any atom is 0.119 e. The number of para-hydroxylation sites is 1. The van der Waals surface area contributed by atoms with Gasteiger partial charge in [-0.05, 0) is 52.9 Å². The second-order valence-electron chi connectivity index (χ2n) is 7.38. The Morgan fingerprint density at radius 1 is 1.06 bits per heavy atom. The van der Waals surface area contributed by atoms with Crippen molar-refractivity contribution in [2.45, 2.75) is 6.42 Å². The summed E-state index contributed by atoms with van der Waals surface area (Å²) < 4.78 is 5.41. The summed E-state index contributed by atoms with van der Waals surface area (Å²) in [6, 6.07) is 22.5. The number of methoxy groups -OCH3 is 1. The molecular weight excluding hydrogens is 384 g/mol. The standard InChI is InChI=1S/C26H20N4O/c1-31-20-8-9-26-22(13-20)24(16-29-26)23(14-27)21(18-6-4-10-28-15-18)12-19-11-17-5-2-3-7-25(17)30-19/h2-11,13,15-16,29-30H,12H2,1H3/b23-21+. The average Bonchev–Trinajstić information content (AvgIpc) is 3.43. The van der Waals surface area contributed by atoms with Crippen LogP contribution in [0.3, 0.4) is 0 Å². The summed E-state index contributed by atoms with van der Waals surface area (Å²) in [5.41, 5.74) is 6.40. The van der Waals surface area contributed by atoms with E-state index in [1.165, 1.54) is 0 Å². The maximum absolute atomic E-state index is 10.2. The highest BCUT2D eigenvalue weighted by atomic mass is 16.5. The van der Waals surface area contributed by atoms with Crippen LogP contribution >= 0.6 is 0 Å². The van der Waals surface area contributed by atoms with E-state index in [9.17, 15) is 5.26 Å². The van der Waals surface area contributed by atoms with E-state index in [0.717, 1.165) is 49.9 Å². The van der Waals surface area contributed by atoms with Crippen LogP contribution < -0.4 is 4.74 Å². The minimum Gasteiger partial charge on any atom is -0.497 e. The number of ether oxygens (including phenoxy) is 1. The Morgan fingerprint density at radius 3 is 2.74 bits per heavy atom. The van der Waals surface area contributed by atoms with Gasteiger partial charge in [0.25, 0.3) is 0 Å². The third-order valence-corrected chi connectivity index (χ3v) is 5.53. The maximum atomic E-state index is 10.2. The lowest BCUT2D eigenvalue weighted by molar-refractivity contribution is 0.415. The Morgan fingerprint density at radius 2 is 1.97 bits per heavy atom. The van der Waals surface area contributed by atoms with Gasteiger partial charge in [-0.3, -0.25) is 4.98 Å². The summed E-state index contributed by atoms with van der Waals surface area (Å²) >= 11 is 0. The molecule has 3 heterocycles. The number of nitrogens with one attached hydrogen (secondary N) is 2. The van der Waals surface area contributed by atoms with Gasteiger partial charge in [-0.25, -0.2) is 0 Å². The minimum absolute atomic E-state index is 0.583. The Balaban J connectivity index is 1.71. The number of nitrogens with zero attached hydrogens (tertiary/aromatic N) is 2. The van der Waals surface area contributed by atoms with Gasteiger partial charge in [0.15, 0.2) is 0 Å². The smallest absolute Gasteiger partial charge is 0.119 e. The van der Waals surface area contributed by atoms with Gasteiger partial charge >= 0.3 is 0 Å². The van der Waals surface area contributed by atoms with Gasteiger partial charge in [-0.15, -0.1) is 0 Å². The van der Waals surface area contributed by atoms with E-state index < -0.39 is 0 Å². The molecule has 5 rings (SSSR count). The zero-order valence-corrected chi connectivity index (χ0v) is 17.0. The van der Waals surface area contributed by atoms with Crippen molar-refractivity contribution < 1.29 is 4.74 Å². The Hall–Kier alpha value is -4.30. The molecule has 31 heavy (non-hydrogen) atoms. The monoisotopic (exact) mass is 404 g/mol. The van der Waals surface area contributed by atoms with E-state index in [0.29, 0.717) is 12.0 Å². The molecule has 0 fully saturated rings. The molecule has 2 N–H and O–H groups in total. The van der Waals surface area contributed by atoms with Crippen LogP contribution in [0.5, 0.6) is 5.75 Å². The fraction of sp³-hybridized carbons (Fsp3) is 0.0769. The van der Waals surface area contributed by atoms with E-state index in [-0.39, 0.29) is 0 Å². The van der Waals surface area contributed by atoms with E-state index in [4.69, 9.17) is 4.74 Å². The summed E-state index contributed by atoms with van der Waals surface area (Å²) in [6.07, 6.45) is 6.03. The van der Waals surface area contributed by atoms with Gasteiger partial charge < -0.3 is 14.7 Å². The predicted molar refractivity (Wildman–Crippen MR) is 124 cm³/mol. The number of nitriles is 1. The van der Waals surface area contributed by atoms with Crippen molar-refractivity contribution in [1.82, 2.24) is 15.0 Å². The van der Waals surface area contributed by atoms with Crippen molar-refractivity contribution in [3.63, 3.8) is 0 Å². The van der Waals surface area contributed by atoms with Crippen LogP contribution in [0.15, 0.2) is 79.3 Å². The van der Waals surface area contributed by atoms with Gasteiger partial charge in [0, 0.05) is 52.7 Å². The summed E-state index contributed by atoms with van der Waals surface area (Å²) in [5.74, 6) is 0.754. The molecule has 0 aliphatic rings. The lowest BCUT2D eigenvalue weighted by Crippen LogP contribution is -1.97. The number of pyridine rings is 1. The van der Waals surface area contributed by atoms with Crippen molar-refractivity contribution in [2.24, 2.45) is 0 Å². The lowest BCUT2D eigenvalue weighted by Gasteiger charge is -2.11. The Labute approximate surface area is 179 Å². The number of benzene rings is 2. The van der Waals surface area contributed by atoms with Crippen molar-refractivity contribution in [3.05, 3.63) is 96.1 Å². The number of fused-ring (bicyclic) bond motifs is 2. The summed E-state index contributed by atoms with van der Waals surface area (Å²) in [4.78, 5) is 11.1. The van der Waals surface area contributed by atoms with Gasteiger partial charge in [0.2, 0.25) is 0 Å². The highest BCUT2D eigenvalue weighted by Gasteiger charge is 2.17. The molecule has 0 bridgehead atoms. The van der Waals surface area contributed by atoms with Crippen molar-refractivity contribution >= 4 is 33.0 Å². The number of allylic oxidation sites excluding steroid dienone is 2. The lowest BCUT2D eigenvalue weighted by atomic mass is 9.92. The van der Waals surface area contributed by atoms with Crippen LogP contribution in [0.1, 0.15) is 16.8 Å². The quantitative estimate of drug-likeness (QED) is 0.367. The fourth-order valence-electron chi connectivity index (χ4n) is 4.02. The molecule has 3 aromatic heterocycles. The zero-order valence-electron chi connectivity index (χ0n) is 17.0. The van der Waals surface area contributed by atoms with E-state index >= 15 is 0 Å². The molecule has 150 valence electrons. The van der Waals surface area contributed by atoms with Gasteiger partial charge in [0.05, 0.1) is 12.7 Å². The highest BCUT2D eigenvalue weighted by molar-refractivity contribution is 6.06. The Bertz CT molecular complexity index is 1420. The number of aromatic amines is 2. The molecule has 0 saturated carbocycles. The molecule has 0 saturated heterocycles. The topological polar surface area (TPSA) is 77.5 Å². The fourth-order valence-corrected chi connectivity index (χ4v) is 4.02. The third kappa shape index (κ3) is 3.45. The summed E-state index contributed by atoms with van der Waals surface area (Å²) in [7, 11) is 1.64. The number of hydrogen-bond acceptors (Lipinski definition) is 3. The number of H-pyrrole nitrogens is 2. The van der Waals surface area contributed by atoms with Gasteiger partial charge in [-0.2, -0.15) is 5.26 Å². The number of hydrogen-bond donors (Lipinski definition) is 2. The van der Waals surface area contributed by atoms with Crippen LogP contribution in [0.2, 0.25) is 0 Å². The molecule has 0 atom stereocenters. The van der Waals surface area contributed by atoms with Crippen molar-refractivity contribution in [1.29, 1.82) is 5.26 Å². The first-order chi connectivity index (χ1) is 15.3. The molecule has 5 nitrogen and oxygen atoms in total. The van der Waals surface area contributed by atoms with Crippen LogP contribution in [0, 0.1) is 11.3 Å². The highest BCUT2D eigenvalue weighted by Crippen LogP contribution is 2.34.